The van der Waals surface area contributed by atoms with E-state index in [1.165, 1.54) is 4.57 Å². The lowest BCUT2D eigenvalue weighted by molar-refractivity contribution is -0.123. The summed E-state index contributed by atoms with van der Waals surface area (Å²) in [5, 5.41) is 1.68. The van der Waals surface area contributed by atoms with E-state index in [1.807, 2.05) is 0 Å². The van der Waals surface area contributed by atoms with Crippen molar-refractivity contribution in [1.82, 2.24) is 9.88 Å². The number of nitrogens with one attached hydrogen (secondary N) is 1. The molecule has 20 heavy (non-hydrogen) atoms. The van der Waals surface area contributed by atoms with Gasteiger partial charge in [-0.25, -0.2) is 8.42 Å². The Kier molecular flexibility index (Phi) is 4.75. The van der Waals surface area contributed by atoms with Gasteiger partial charge in [0.2, 0.25) is 0 Å². The topological polar surface area (TPSA) is 68.2 Å². The van der Waals surface area contributed by atoms with E-state index in [0.717, 1.165) is 12.3 Å². The molecular weight excluding hydrogens is 321 g/mol. The molecule has 10 heteroatoms. The number of halogens is 4. The Balaban J connectivity index is 3.10. The molecular formula is C10H12ClF3N2O3S. The van der Waals surface area contributed by atoms with Gasteiger partial charge >= 0.3 is 6.18 Å². The molecule has 0 unspecified atom stereocenters. The van der Waals surface area contributed by atoms with Crippen LogP contribution in [-0.2, 0) is 9.05 Å². The molecule has 0 aromatic carbocycles. The first-order chi connectivity index (χ1) is 8.92. The van der Waals surface area contributed by atoms with E-state index in [4.69, 9.17) is 10.7 Å². The second kappa shape index (κ2) is 5.65. The Morgan fingerprint density at radius 2 is 2.00 bits per heavy atom. The van der Waals surface area contributed by atoms with Crippen LogP contribution in [0.5, 0.6) is 0 Å². The fourth-order valence-electron chi connectivity index (χ4n) is 1.47. The minimum atomic E-state index is -4.55. The molecule has 1 aromatic rings. The van der Waals surface area contributed by atoms with Gasteiger partial charge < -0.3 is 9.88 Å². The summed E-state index contributed by atoms with van der Waals surface area (Å²) in [6.45, 7) is 1.79. The Bertz CT molecular complexity index is 608. The lowest BCUT2D eigenvalue weighted by atomic mass is 10.3. The fraction of sp³-hybridized carbons (Fsp3) is 0.500. The summed E-state index contributed by atoms with van der Waals surface area (Å²) in [5.41, 5.74) is -0.205. The van der Waals surface area contributed by atoms with Gasteiger partial charge in [0.1, 0.15) is 17.1 Å². The molecule has 1 rings (SSSR count). The number of alkyl halides is 3. The molecule has 0 aliphatic rings. The molecule has 1 aromatic heterocycles. The lowest BCUT2D eigenvalue weighted by Crippen LogP contribution is -2.34. The highest BCUT2D eigenvalue weighted by Crippen LogP contribution is 2.22. The van der Waals surface area contributed by atoms with Crippen LogP contribution < -0.4 is 5.32 Å². The minimum Gasteiger partial charge on any atom is -0.342 e. The van der Waals surface area contributed by atoms with Crippen molar-refractivity contribution in [2.24, 2.45) is 0 Å². The Morgan fingerprint density at radius 3 is 2.40 bits per heavy atom. The normalized spacial score (nSPS) is 12.8. The van der Waals surface area contributed by atoms with Crippen LogP contribution in [0, 0.1) is 0 Å². The van der Waals surface area contributed by atoms with E-state index in [1.54, 1.807) is 19.2 Å². The van der Waals surface area contributed by atoms with Crippen LogP contribution in [0.15, 0.2) is 17.2 Å². The summed E-state index contributed by atoms with van der Waals surface area (Å²) in [6, 6.07) is 0.613. The monoisotopic (exact) mass is 332 g/mol. The van der Waals surface area contributed by atoms with Crippen molar-refractivity contribution in [2.75, 3.05) is 6.54 Å². The van der Waals surface area contributed by atoms with Crippen molar-refractivity contribution in [1.29, 1.82) is 0 Å². The molecule has 1 N–H and O–H groups in total. The van der Waals surface area contributed by atoms with Gasteiger partial charge in [0.15, 0.2) is 0 Å². The van der Waals surface area contributed by atoms with Crippen molar-refractivity contribution < 1.29 is 26.4 Å². The van der Waals surface area contributed by atoms with Crippen LogP contribution in [0.1, 0.15) is 30.4 Å². The van der Waals surface area contributed by atoms with Gasteiger partial charge in [0.25, 0.3) is 15.0 Å². The molecule has 1 heterocycles. The van der Waals surface area contributed by atoms with Gasteiger partial charge in [0.05, 0.1) is 0 Å². The maximum Gasteiger partial charge on any atom is 0.405 e. The lowest BCUT2D eigenvalue weighted by Gasteiger charge is -2.13. The molecule has 0 spiro atoms. The summed E-state index contributed by atoms with van der Waals surface area (Å²) in [4.78, 5) is 11.3. The number of aromatic nitrogens is 1. The first kappa shape index (κ1) is 16.8. The molecule has 0 saturated carbocycles. The Labute approximate surface area is 118 Å². The maximum absolute atomic E-state index is 12.0. The van der Waals surface area contributed by atoms with Crippen molar-refractivity contribution in [3.8, 4) is 0 Å². The molecule has 0 fully saturated rings. The largest absolute Gasteiger partial charge is 0.405 e. The first-order valence-corrected chi connectivity index (χ1v) is 7.74. The minimum absolute atomic E-state index is 0.205. The van der Waals surface area contributed by atoms with E-state index in [9.17, 15) is 26.4 Å². The van der Waals surface area contributed by atoms with Crippen molar-refractivity contribution in [3.05, 3.63) is 18.0 Å². The van der Waals surface area contributed by atoms with Gasteiger partial charge in [-0.2, -0.15) is 13.2 Å². The van der Waals surface area contributed by atoms with Gasteiger partial charge in [-0.1, -0.05) is 0 Å². The number of hydrogen-bond acceptors (Lipinski definition) is 3. The van der Waals surface area contributed by atoms with Crippen LogP contribution >= 0.6 is 10.7 Å². The summed E-state index contributed by atoms with van der Waals surface area (Å²) in [5.74, 6) is -1.03. The number of carbonyl (C=O) groups excluding carboxylic acids is 1. The number of hydrogen-bond donors (Lipinski definition) is 1. The quantitative estimate of drug-likeness (QED) is 0.860. The number of rotatable bonds is 4. The summed E-state index contributed by atoms with van der Waals surface area (Å²) < 4.78 is 59.8. The summed E-state index contributed by atoms with van der Waals surface area (Å²) in [6.07, 6.45) is -3.44. The number of nitrogens with zero attached hydrogens (tertiary/aromatic N) is 1. The van der Waals surface area contributed by atoms with E-state index < -0.39 is 27.7 Å². The van der Waals surface area contributed by atoms with Crippen LogP contribution in [0.2, 0.25) is 0 Å². The van der Waals surface area contributed by atoms with E-state index >= 15 is 0 Å². The molecule has 5 nitrogen and oxygen atoms in total. The predicted molar refractivity (Wildman–Crippen MR) is 66.2 cm³/mol. The summed E-state index contributed by atoms with van der Waals surface area (Å²) >= 11 is 0. The maximum atomic E-state index is 12.0. The molecule has 1 amide bonds. The molecule has 0 radical (unpaired) electrons. The van der Waals surface area contributed by atoms with Crippen molar-refractivity contribution in [2.45, 2.75) is 31.0 Å². The second-order valence-electron chi connectivity index (χ2n) is 4.30. The van der Waals surface area contributed by atoms with Gasteiger partial charge in [-0.05, 0) is 19.9 Å². The zero-order chi connectivity index (χ0) is 15.7. The Hall–Kier alpha value is -1.22. The fourth-order valence-corrected chi connectivity index (χ4v) is 2.21. The molecule has 0 atom stereocenters. The molecule has 0 aliphatic heterocycles. The number of amides is 1. The van der Waals surface area contributed by atoms with Gasteiger partial charge in [0, 0.05) is 22.9 Å². The van der Waals surface area contributed by atoms with Crippen LogP contribution in [0.25, 0.3) is 0 Å². The van der Waals surface area contributed by atoms with E-state index in [2.05, 4.69) is 0 Å². The standard InChI is InChI=1S/C10H12ClF3N2O3S/c1-6(2)16-4-7(20(11,18)19)3-8(16)9(17)15-5-10(12,13)14/h3-4,6H,5H2,1-2H3,(H,15,17). The zero-order valence-corrected chi connectivity index (χ0v) is 12.1. The third-order valence-electron chi connectivity index (χ3n) is 2.34. The van der Waals surface area contributed by atoms with E-state index in [0.29, 0.717) is 0 Å². The Morgan fingerprint density at radius 1 is 1.45 bits per heavy atom. The summed E-state index contributed by atoms with van der Waals surface area (Å²) in [7, 11) is 1.08. The average molecular weight is 333 g/mol. The predicted octanol–water partition coefficient (Wildman–Crippen LogP) is 2.29. The zero-order valence-electron chi connectivity index (χ0n) is 10.5. The number of carbonyl (C=O) groups is 1. The molecule has 0 saturated heterocycles. The third-order valence-corrected chi connectivity index (χ3v) is 3.66. The first-order valence-electron chi connectivity index (χ1n) is 5.43. The highest BCUT2D eigenvalue weighted by molar-refractivity contribution is 8.13. The smallest absolute Gasteiger partial charge is 0.342 e. The third kappa shape index (κ3) is 4.41. The molecule has 0 bridgehead atoms. The van der Waals surface area contributed by atoms with E-state index in [-0.39, 0.29) is 16.6 Å². The molecule has 0 aliphatic carbocycles. The van der Waals surface area contributed by atoms with Gasteiger partial charge in [-0.3, -0.25) is 4.79 Å². The molecule has 114 valence electrons. The SMILES string of the molecule is CC(C)n1cc(S(=O)(=O)Cl)cc1C(=O)NCC(F)(F)F. The van der Waals surface area contributed by atoms with Gasteiger partial charge in [-0.15, -0.1) is 0 Å². The highest BCUT2D eigenvalue weighted by atomic mass is 35.7. The average Bonchev–Trinajstić information content (AvgIpc) is 2.69. The van der Waals surface area contributed by atoms with Crippen molar-refractivity contribution >= 4 is 25.6 Å². The van der Waals surface area contributed by atoms with Crippen LogP contribution in [0.3, 0.4) is 0 Å². The van der Waals surface area contributed by atoms with Crippen LogP contribution in [0.4, 0.5) is 13.2 Å². The van der Waals surface area contributed by atoms with Crippen LogP contribution in [-0.4, -0.2) is 31.6 Å². The highest BCUT2D eigenvalue weighted by Gasteiger charge is 2.29. The van der Waals surface area contributed by atoms with Crippen molar-refractivity contribution in [3.63, 3.8) is 0 Å². The second-order valence-corrected chi connectivity index (χ2v) is 6.86.